The molecule has 38 heavy (non-hydrogen) atoms. The third-order valence-corrected chi connectivity index (χ3v) is 7.10. The molecule has 0 saturated carbocycles. The van der Waals surface area contributed by atoms with Crippen LogP contribution in [-0.2, 0) is 19.5 Å². The van der Waals surface area contributed by atoms with Crippen molar-refractivity contribution in [3.05, 3.63) is 99.7 Å². The Balaban J connectivity index is 1.27. The maximum absolute atomic E-state index is 12.3. The number of carbonyl (C=O) groups is 1. The Morgan fingerprint density at radius 2 is 1.87 bits per heavy atom. The van der Waals surface area contributed by atoms with E-state index in [-0.39, 0.29) is 5.91 Å². The second kappa shape index (κ2) is 11.6. The number of nitrogens with zero attached hydrogens (tertiary/aromatic N) is 3. The van der Waals surface area contributed by atoms with E-state index in [1.807, 2.05) is 30.3 Å². The van der Waals surface area contributed by atoms with Crippen molar-refractivity contribution >= 4 is 45.0 Å². The van der Waals surface area contributed by atoms with Crippen LogP contribution < -0.4 is 20.7 Å². The lowest BCUT2D eigenvalue weighted by molar-refractivity contribution is 0.0964. The maximum atomic E-state index is 12.3. The van der Waals surface area contributed by atoms with Crippen LogP contribution in [0.25, 0.3) is 0 Å². The number of rotatable bonds is 8. The SMILES string of the molecule is CNC(=O)c1ccccc1Nc1nc(Nc2ccc3c(c2)CCN(Cc2ccc(OC)cc2)C3)ncc1Br. The molecule has 1 aliphatic heterocycles. The number of fused-ring (bicyclic) bond motifs is 1. The van der Waals surface area contributed by atoms with Crippen molar-refractivity contribution in [3.8, 4) is 5.75 Å². The molecule has 1 aromatic heterocycles. The summed E-state index contributed by atoms with van der Waals surface area (Å²) in [5, 5.41) is 9.25. The Morgan fingerprint density at radius 3 is 2.66 bits per heavy atom. The van der Waals surface area contributed by atoms with E-state index < -0.39 is 0 Å². The van der Waals surface area contributed by atoms with Gasteiger partial charge in [-0.1, -0.05) is 30.3 Å². The van der Waals surface area contributed by atoms with Crippen molar-refractivity contribution in [2.45, 2.75) is 19.5 Å². The molecule has 5 rings (SSSR count). The zero-order chi connectivity index (χ0) is 26.5. The molecule has 1 amide bonds. The fourth-order valence-corrected chi connectivity index (χ4v) is 4.80. The van der Waals surface area contributed by atoms with Crippen LogP contribution in [0, 0.1) is 0 Å². The van der Waals surface area contributed by atoms with Crippen molar-refractivity contribution in [2.75, 3.05) is 31.3 Å². The quantitative estimate of drug-likeness (QED) is 0.251. The van der Waals surface area contributed by atoms with Crippen molar-refractivity contribution in [1.29, 1.82) is 0 Å². The third kappa shape index (κ3) is 5.95. The van der Waals surface area contributed by atoms with E-state index in [1.54, 1.807) is 26.4 Å². The van der Waals surface area contributed by atoms with Crippen LogP contribution >= 0.6 is 15.9 Å². The van der Waals surface area contributed by atoms with Gasteiger partial charge in [-0.25, -0.2) is 4.98 Å². The largest absolute Gasteiger partial charge is 0.497 e. The predicted molar refractivity (Wildman–Crippen MR) is 153 cm³/mol. The first-order chi connectivity index (χ1) is 18.5. The van der Waals surface area contributed by atoms with Gasteiger partial charge in [0.1, 0.15) is 11.6 Å². The number of halogens is 1. The normalized spacial score (nSPS) is 12.9. The fourth-order valence-electron chi connectivity index (χ4n) is 4.51. The molecule has 0 saturated heterocycles. The van der Waals surface area contributed by atoms with Gasteiger partial charge in [-0.15, -0.1) is 0 Å². The standard InChI is InChI=1S/C29H29BrN6O2/c1-31-28(37)24-5-3-4-6-26(24)34-27-25(30)16-32-29(35-27)33-22-10-9-21-18-36(14-13-20(21)15-22)17-19-7-11-23(38-2)12-8-19/h3-12,15-16H,13-14,17-18H2,1-2H3,(H,31,37)(H2,32,33,34,35). The second-order valence-corrected chi connectivity index (χ2v) is 9.91. The highest BCUT2D eigenvalue weighted by Gasteiger charge is 2.18. The molecule has 4 aromatic rings. The van der Waals surface area contributed by atoms with Crippen LogP contribution in [0.15, 0.2) is 77.4 Å². The number of methoxy groups -OCH3 is 1. The second-order valence-electron chi connectivity index (χ2n) is 9.06. The highest BCUT2D eigenvalue weighted by atomic mass is 79.9. The number of carbonyl (C=O) groups excluding carboxylic acids is 1. The molecule has 2 heterocycles. The first kappa shape index (κ1) is 25.7. The Morgan fingerprint density at radius 1 is 1.05 bits per heavy atom. The van der Waals surface area contributed by atoms with E-state index in [2.05, 4.69) is 77.1 Å². The molecule has 9 heteroatoms. The number of hydrogen-bond acceptors (Lipinski definition) is 7. The molecular weight excluding hydrogens is 544 g/mol. The Hall–Kier alpha value is -3.95. The molecule has 0 unspecified atom stereocenters. The Labute approximate surface area is 230 Å². The van der Waals surface area contributed by atoms with E-state index >= 15 is 0 Å². The van der Waals surface area contributed by atoms with Crippen LogP contribution in [0.2, 0.25) is 0 Å². The number of benzene rings is 3. The first-order valence-electron chi connectivity index (χ1n) is 12.4. The van der Waals surface area contributed by atoms with E-state index in [4.69, 9.17) is 4.74 Å². The van der Waals surface area contributed by atoms with Gasteiger partial charge in [-0.3, -0.25) is 9.69 Å². The molecule has 0 atom stereocenters. The van der Waals surface area contributed by atoms with Crippen LogP contribution in [0.1, 0.15) is 27.0 Å². The maximum Gasteiger partial charge on any atom is 0.253 e. The molecule has 0 radical (unpaired) electrons. The lowest BCUT2D eigenvalue weighted by Gasteiger charge is -2.29. The van der Waals surface area contributed by atoms with Crippen LogP contribution in [-0.4, -0.2) is 41.5 Å². The highest BCUT2D eigenvalue weighted by Crippen LogP contribution is 2.29. The molecule has 0 spiro atoms. The molecule has 3 aromatic carbocycles. The Kier molecular flexibility index (Phi) is 7.86. The molecular formula is C29H29BrN6O2. The topological polar surface area (TPSA) is 91.4 Å². The number of aromatic nitrogens is 2. The van der Waals surface area contributed by atoms with E-state index in [9.17, 15) is 4.79 Å². The molecule has 0 fully saturated rings. The van der Waals surface area contributed by atoms with Crippen molar-refractivity contribution < 1.29 is 9.53 Å². The van der Waals surface area contributed by atoms with Crippen LogP contribution in [0.4, 0.5) is 23.1 Å². The fraction of sp³-hybridized carbons (Fsp3) is 0.207. The minimum atomic E-state index is -0.173. The van der Waals surface area contributed by atoms with Gasteiger partial charge in [-0.05, 0) is 75.4 Å². The highest BCUT2D eigenvalue weighted by molar-refractivity contribution is 9.10. The molecule has 0 bridgehead atoms. The minimum absolute atomic E-state index is 0.173. The molecule has 8 nitrogen and oxygen atoms in total. The van der Waals surface area contributed by atoms with E-state index in [1.165, 1.54) is 16.7 Å². The van der Waals surface area contributed by atoms with E-state index in [0.29, 0.717) is 27.5 Å². The zero-order valence-corrected chi connectivity index (χ0v) is 22.9. The van der Waals surface area contributed by atoms with Crippen molar-refractivity contribution in [3.63, 3.8) is 0 Å². The summed E-state index contributed by atoms with van der Waals surface area (Å²) in [6, 6.07) is 22.0. The molecule has 194 valence electrons. The zero-order valence-electron chi connectivity index (χ0n) is 21.3. The minimum Gasteiger partial charge on any atom is -0.497 e. The smallest absolute Gasteiger partial charge is 0.253 e. The Bertz CT molecular complexity index is 1440. The number of anilines is 4. The number of ether oxygens (including phenoxy) is 1. The summed E-state index contributed by atoms with van der Waals surface area (Å²) in [5.74, 6) is 1.73. The van der Waals surface area contributed by atoms with Crippen LogP contribution in [0.5, 0.6) is 5.75 Å². The molecule has 0 aliphatic carbocycles. The van der Waals surface area contributed by atoms with Gasteiger partial charge in [0.05, 0.1) is 22.8 Å². The summed E-state index contributed by atoms with van der Waals surface area (Å²) in [7, 11) is 3.30. The lowest BCUT2D eigenvalue weighted by atomic mass is 9.98. The summed E-state index contributed by atoms with van der Waals surface area (Å²) in [4.78, 5) is 23.8. The summed E-state index contributed by atoms with van der Waals surface area (Å²) >= 11 is 3.51. The number of nitrogens with one attached hydrogen (secondary N) is 3. The third-order valence-electron chi connectivity index (χ3n) is 6.51. The van der Waals surface area contributed by atoms with Crippen molar-refractivity contribution in [1.82, 2.24) is 20.2 Å². The average Bonchev–Trinajstić information content (AvgIpc) is 2.95. The van der Waals surface area contributed by atoms with Crippen molar-refractivity contribution in [2.24, 2.45) is 0 Å². The van der Waals surface area contributed by atoms with Gasteiger partial charge in [0, 0.05) is 38.6 Å². The summed E-state index contributed by atoms with van der Waals surface area (Å²) in [6.07, 6.45) is 2.67. The van der Waals surface area contributed by atoms with Gasteiger partial charge in [0.25, 0.3) is 5.91 Å². The summed E-state index contributed by atoms with van der Waals surface area (Å²) < 4.78 is 5.96. The predicted octanol–water partition coefficient (Wildman–Crippen LogP) is 5.65. The van der Waals surface area contributed by atoms with Crippen LogP contribution in [0.3, 0.4) is 0 Å². The van der Waals surface area contributed by atoms with Gasteiger partial charge < -0.3 is 20.7 Å². The molecule has 3 N–H and O–H groups in total. The number of para-hydroxylation sites is 1. The van der Waals surface area contributed by atoms with Gasteiger partial charge in [-0.2, -0.15) is 4.98 Å². The van der Waals surface area contributed by atoms with Gasteiger partial charge in [0.2, 0.25) is 5.95 Å². The monoisotopic (exact) mass is 572 g/mol. The number of hydrogen-bond donors (Lipinski definition) is 3. The van der Waals surface area contributed by atoms with Gasteiger partial charge >= 0.3 is 0 Å². The summed E-state index contributed by atoms with van der Waals surface area (Å²) in [5.41, 5.74) is 6.07. The first-order valence-corrected chi connectivity index (χ1v) is 13.2. The lowest BCUT2D eigenvalue weighted by Crippen LogP contribution is -2.30. The molecule has 1 aliphatic rings. The summed E-state index contributed by atoms with van der Waals surface area (Å²) in [6.45, 7) is 2.82. The van der Waals surface area contributed by atoms with Gasteiger partial charge in [0.15, 0.2) is 0 Å². The number of amides is 1. The average molecular weight is 573 g/mol. The van der Waals surface area contributed by atoms with E-state index in [0.717, 1.165) is 37.5 Å².